The molecule has 1 atom stereocenters. The van der Waals surface area contributed by atoms with Crippen LogP contribution in [0.3, 0.4) is 0 Å². The maximum absolute atomic E-state index is 5.46. The summed E-state index contributed by atoms with van der Waals surface area (Å²) < 4.78 is 0. The topological polar surface area (TPSA) is 31.8 Å². The molecule has 1 aliphatic rings. The Morgan fingerprint density at radius 2 is 0.596 bits per heavy atom. The van der Waals surface area contributed by atoms with Crippen molar-refractivity contribution in [1.82, 2.24) is 0 Å². The van der Waals surface area contributed by atoms with E-state index in [4.69, 9.17) is 11.6 Å². The summed E-state index contributed by atoms with van der Waals surface area (Å²) >= 11 is 0. The normalized spacial score (nSPS) is 12.9. The van der Waals surface area contributed by atoms with E-state index in [2.05, 4.69) is 425 Å². The van der Waals surface area contributed by atoms with Gasteiger partial charge < -0.3 is 29.4 Å². The molecule has 0 saturated carbocycles. The van der Waals surface area contributed by atoms with E-state index in [0.717, 1.165) is 126 Å². The molecule has 99 heavy (non-hydrogen) atoms. The number of hydrogen-bond acceptors (Lipinski definition) is 7. The minimum atomic E-state index is 0.0643. The van der Waals surface area contributed by atoms with Crippen LogP contribution in [0.5, 0.6) is 0 Å². The van der Waals surface area contributed by atoms with Gasteiger partial charge >= 0.3 is 0 Å². The van der Waals surface area contributed by atoms with E-state index in [9.17, 15) is 0 Å². The largest absolute Gasteiger partial charge is 0.334 e. The SMILES string of the molecule is C=C(\C=C/C(=C\C)C(=N\c1ccccc1)/c1ccc(N(c2ccc(N(c3ccccc3)c3ccccc3)cc2)c2ccc(N(c3ccccc3)c3ccccc3)cc2)cc1)N(C1=CCC(N(c2ccccc2)c2ccccc2)C=C1)c1ccc(N(c2ccccc2)c2ccccc2)cc1. The van der Waals surface area contributed by atoms with Gasteiger partial charge in [-0.25, -0.2) is 4.99 Å². The first-order valence-corrected chi connectivity index (χ1v) is 33.7. The van der Waals surface area contributed by atoms with Gasteiger partial charge in [-0.1, -0.05) is 207 Å². The van der Waals surface area contributed by atoms with Crippen molar-refractivity contribution in [3.63, 3.8) is 0 Å². The fraction of sp³-hybridized carbons (Fsp3) is 0.0326. The first kappa shape index (κ1) is 63.4. The molecule has 0 spiro atoms. The van der Waals surface area contributed by atoms with Crippen LogP contribution in [0, 0.1) is 0 Å². The first-order valence-electron chi connectivity index (χ1n) is 33.7. The van der Waals surface area contributed by atoms with Gasteiger partial charge in [-0.15, -0.1) is 0 Å². The lowest BCUT2D eigenvalue weighted by Crippen LogP contribution is -2.31. The summed E-state index contributed by atoms with van der Waals surface area (Å²) in [4.78, 5) is 19.4. The minimum absolute atomic E-state index is 0.0643. The van der Waals surface area contributed by atoms with Crippen LogP contribution in [-0.2, 0) is 0 Å². The number of nitrogens with zero attached hydrogens (tertiary/aromatic N) is 7. The second-order valence-corrected chi connectivity index (χ2v) is 24.0. The molecular formula is C92H75N7. The summed E-state index contributed by atoms with van der Waals surface area (Å²) in [6, 6.07) is 130. The Bertz CT molecular complexity index is 4610. The molecule has 478 valence electrons. The molecule has 1 aliphatic carbocycles. The smallest absolute Gasteiger partial charge is 0.0778 e. The fourth-order valence-electron chi connectivity index (χ4n) is 12.9. The maximum Gasteiger partial charge on any atom is 0.0778 e. The van der Waals surface area contributed by atoms with E-state index in [0.29, 0.717) is 0 Å². The van der Waals surface area contributed by atoms with E-state index in [1.54, 1.807) is 0 Å². The van der Waals surface area contributed by atoms with Crippen molar-refractivity contribution in [2.75, 3.05) is 29.4 Å². The number of para-hydroxylation sites is 9. The molecule has 0 fully saturated rings. The molecule has 0 aromatic heterocycles. The number of hydrogen-bond donors (Lipinski definition) is 0. The summed E-state index contributed by atoms with van der Waals surface area (Å²) in [6.45, 7) is 6.96. The van der Waals surface area contributed by atoms with Crippen LogP contribution in [0.1, 0.15) is 18.9 Å². The Morgan fingerprint density at radius 3 is 0.889 bits per heavy atom. The lowest BCUT2D eigenvalue weighted by Gasteiger charge is -2.35. The summed E-state index contributed by atoms with van der Waals surface area (Å²) in [5, 5.41) is 0. The zero-order valence-electron chi connectivity index (χ0n) is 55.3. The van der Waals surface area contributed by atoms with Crippen LogP contribution < -0.4 is 29.4 Å². The standard InChI is InChI=1S/C92H75N7/c1-3-72(50-49-71(2)94(83-55-59-86(60-56-83)95(75-33-15-5-16-34-75)76-35-17-6-18-36-76)84-57-61-87(62-58-84)96(77-37-19-7-20-38-77)78-39-21-8-22-40-78)92(93-74-31-13-4-14-32-74)73-51-53-85(54-52-73)99(90-67-63-88(64-68-90)97(79-41-23-9-24-42-79)80-43-25-10-26-44-80)91-69-65-89(66-70-91)98(81-45-27-11-28-46-81)82-47-29-12-30-48-82/h3-61,63-70,87H,2,62H2,1H3/b50-49-,72-3+,93-92+. The summed E-state index contributed by atoms with van der Waals surface area (Å²) in [5.74, 6) is 0. The van der Waals surface area contributed by atoms with Gasteiger partial charge in [0.1, 0.15) is 0 Å². The Hall–Kier alpha value is -13.0. The van der Waals surface area contributed by atoms with Crippen molar-refractivity contribution in [3.05, 3.63) is 436 Å². The number of allylic oxidation sites excluding steroid dienone is 5. The highest BCUT2D eigenvalue weighted by molar-refractivity contribution is 6.15. The Labute approximate surface area is 582 Å². The predicted molar refractivity (Wildman–Crippen MR) is 419 cm³/mol. The number of aliphatic imine (C=N–C) groups is 1. The van der Waals surface area contributed by atoms with Crippen LogP contribution in [0.4, 0.5) is 91.0 Å². The Balaban J connectivity index is 0.819. The van der Waals surface area contributed by atoms with Gasteiger partial charge in [0.25, 0.3) is 0 Å². The molecule has 0 bridgehead atoms. The molecule has 0 amide bonds. The Morgan fingerprint density at radius 1 is 0.323 bits per heavy atom. The first-order chi connectivity index (χ1) is 49.0. The second kappa shape index (κ2) is 30.6. The van der Waals surface area contributed by atoms with Crippen LogP contribution in [-0.4, -0.2) is 11.8 Å². The van der Waals surface area contributed by atoms with Crippen LogP contribution in [0.25, 0.3) is 0 Å². The molecule has 0 radical (unpaired) electrons. The zero-order valence-corrected chi connectivity index (χ0v) is 55.3. The monoisotopic (exact) mass is 1280 g/mol. The van der Waals surface area contributed by atoms with Gasteiger partial charge in [-0.2, -0.15) is 0 Å². The van der Waals surface area contributed by atoms with E-state index < -0.39 is 0 Å². The molecule has 13 aromatic carbocycles. The number of anilines is 15. The van der Waals surface area contributed by atoms with Gasteiger partial charge in [0.05, 0.1) is 17.4 Å². The van der Waals surface area contributed by atoms with Crippen molar-refractivity contribution < 1.29 is 0 Å². The van der Waals surface area contributed by atoms with Gasteiger partial charge in [-0.05, 0) is 225 Å². The Kier molecular flexibility index (Phi) is 19.6. The summed E-state index contributed by atoms with van der Waals surface area (Å²) in [5.41, 5.74) is 21.2. The third-order valence-corrected chi connectivity index (χ3v) is 17.6. The highest BCUT2D eigenvalue weighted by Crippen LogP contribution is 2.43. The van der Waals surface area contributed by atoms with Crippen LogP contribution in [0.15, 0.2) is 435 Å². The zero-order chi connectivity index (χ0) is 67.0. The quantitative estimate of drug-likeness (QED) is 0.0469. The molecule has 7 heteroatoms. The van der Waals surface area contributed by atoms with E-state index in [-0.39, 0.29) is 6.04 Å². The summed E-state index contributed by atoms with van der Waals surface area (Å²) in [6.07, 6.45) is 14.1. The van der Waals surface area contributed by atoms with Gasteiger partial charge in [0, 0.05) is 102 Å². The summed E-state index contributed by atoms with van der Waals surface area (Å²) in [7, 11) is 0. The predicted octanol–water partition coefficient (Wildman–Crippen LogP) is 25.3. The van der Waals surface area contributed by atoms with Crippen molar-refractivity contribution in [1.29, 1.82) is 0 Å². The molecule has 1 unspecified atom stereocenters. The van der Waals surface area contributed by atoms with Crippen molar-refractivity contribution in [2.24, 2.45) is 4.99 Å². The number of rotatable bonds is 23. The van der Waals surface area contributed by atoms with Crippen LogP contribution in [0.2, 0.25) is 0 Å². The highest BCUT2D eigenvalue weighted by atomic mass is 15.2. The fourth-order valence-corrected chi connectivity index (χ4v) is 12.9. The van der Waals surface area contributed by atoms with Gasteiger partial charge in [0.2, 0.25) is 0 Å². The molecule has 0 heterocycles. The lowest BCUT2D eigenvalue weighted by molar-refractivity contribution is 0.775. The molecule has 14 rings (SSSR count). The van der Waals surface area contributed by atoms with Gasteiger partial charge in [-0.3, -0.25) is 0 Å². The molecule has 0 aliphatic heterocycles. The minimum Gasteiger partial charge on any atom is -0.334 e. The average Bonchev–Trinajstić information content (AvgIpc) is 0.813. The third-order valence-electron chi connectivity index (χ3n) is 17.6. The molecular weight excluding hydrogens is 1200 g/mol. The highest BCUT2D eigenvalue weighted by Gasteiger charge is 2.25. The molecule has 0 saturated heterocycles. The second-order valence-electron chi connectivity index (χ2n) is 24.0. The molecule has 0 N–H and O–H groups in total. The van der Waals surface area contributed by atoms with E-state index >= 15 is 0 Å². The average molecular weight is 1280 g/mol. The van der Waals surface area contributed by atoms with E-state index in [1.807, 2.05) is 18.2 Å². The maximum atomic E-state index is 5.46. The lowest BCUT2D eigenvalue weighted by atomic mass is 9.99. The van der Waals surface area contributed by atoms with Crippen molar-refractivity contribution in [2.45, 2.75) is 19.4 Å². The van der Waals surface area contributed by atoms with Crippen molar-refractivity contribution >= 4 is 96.7 Å². The molecule has 7 nitrogen and oxygen atoms in total. The van der Waals surface area contributed by atoms with Crippen LogP contribution >= 0.6 is 0 Å². The van der Waals surface area contributed by atoms with Gasteiger partial charge in [0.15, 0.2) is 0 Å². The molecule has 13 aromatic rings. The van der Waals surface area contributed by atoms with E-state index in [1.165, 1.54) is 0 Å². The third kappa shape index (κ3) is 14.7. The number of benzene rings is 13. The van der Waals surface area contributed by atoms with Crippen molar-refractivity contribution in [3.8, 4) is 0 Å².